The van der Waals surface area contributed by atoms with E-state index in [0.717, 1.165) is 6.08 Å². The fourth-order valence-electron chi connectivity index (χ4n) is 0. The van der Waals surface area contributed by atoms with Crippen LogP contribution in [0.1, 0.15) is 0 Å². The van der Waals surface area contributed by atoms with Crippen LogP contribution in [0.25, 0.3) is 0 Å². The van der Waals surface area contributed by atoms with Gasteiger partial charge < -0.3 is 4.79 Å². The van der Waals surface area contributed by atoms with Gasteiger partial charge in [0.15, 0.2) is 0 Å². The molecule has 1 nitrogen and oxygen atoms in total. The van der Waals surface area contributed by atoms with Crippen LogP contribution in [-0.2, 0) is 21.9 Å². The SMILES string of the molecule is C=C[C-]=O.[Al].[Cu+]. The summed E-state index contributed by atoms with van der Waals surface area (Å²) in [6, 6.07) is 0. The van der Waals surface area contributed by atoms with Crippen molar-refractivity contribution in [3.8, 4) is 0 Å². The maximum absolute atomic E-state index is 8.93. The van der Waals surface area contributed by atoms with Crippen LogP contribution >= 0.6 is 0 Å². The van der Waals surface area contributed by atoms with E-state index in [9.17, 15) is 0 Å². The smallest absolute Gasteiger partial charge is 0.419 e. The number of allylic oxidation sites excluding steroid dienone is 1. The van der Waals surface area contributed by atoms with Crippen molar-refractivity contribution in [3.63, 3.8) is 0 Å². The third-order valence-corrected chi connectivity index (χ3v) is 0.0833. The average Bonchev–Trinajstić information content (AvgIpc) is 1.37. The Morgan fingerprint density at radius 1 is 1.67 bits per heavy atom. The Labute approximate surface area is 58.4 Å². The molecule has 0 fully saturated rings. The van der Waals surface area contributed by atoms with Crippen molar-refractivity contribution in [3.05, 3.63) is 12.7 Å². The third-order valence-electron chi connectivity index (χ3n) is 0.0833. The van der Waals surface area contributed by atoms with E-state index in [4.69, 9.17) is 4.79 Å². The summed E-state index contributed by atoms with van der Waals surface area (Å²) in [5, 5.41) is 0. The Hall–Kier alpha value is 0.462. The van der Waals surface area contributed by atoms with E-state index in [1.807, 2.05) is 0 Å². The summed E-state index contributed by atoms with van der Waals surface area (Å²) >= 11 is 0. The molecule has 6 heavy (non-hydrogen) atoms. The van der Waals surface area contributed by atoms with Gasteiger partial charge in [0, 0.05) is 17.4 Å². The van der Waals surface area contributed by atoms with E-state index in [1.54, 1.807) is 0 Å². The molecular weight excluding hydrogens is 143 g/mol. The number of carbonyl (C=O) groups excluding carboxylic acids is 1. The van der Waals surface area contributed by atoms with Crippen LogP contribution in [0.3, 0.4) is 0 Å². The molecule has 35 valence electrons. The Bertz CT molecular complexity index is 31.8. The first-order valence-corrected chi connectivity index (χ1v) is 0.901. The van der Waals surface area contributed by atoms with Gasteiger partial charge in [0.2, 0.25) is 0 Å². The average molecular weight is 146 g/mol. The van der Waals surface area contributed by atoms with Gasteiger partial charge >= 0.3 is 17.1 Å². The van der Waals surface area contributed by atoms with Crippen LogP contribution in [0, 0.1) is 0 Å². The normalized spacial score (nSPS) is 3.33. The summed E-state index contributed by atoms with van der Waals surface area (Å²) in [7, 11) is 0. The van der Waals surface area contributed by atoms with Gasteiger partial charge in [0.1, 0.15) is 0 Å². The Morgan fingerprint density at radius 3 is 1.83 bits per heavy atom. The number of rotatable bonds is 1. The summed E-state index contributed by atoms with van der Waals surface area (Å²) in [6.07, 6.45) is 2.51. The molecule has 0 aliphatic carbocycles. The monoisotopic (exact) mass is 145 g/mol. The Balaban J connectivity index is -0.0000000450. The molecule has 0 saturated carbocycles. The maximum Gasteiger partial charge on any atom is 1.00 e. The van der Waals surface area contributed by atoms with Crippen molar-refractivity contribution in [1.29, 1.82) is 0 Å². The molecule has 0 amide bonds. The van der Waals surface area contributed by atoms with Gasteiger partial charge in [0.25, 0.3) is 0 Å². The minimum atomic E-state index is 0. The predicted octanol–water partition coefficient (Wildman–Crippen LogP) is -0.101. The quantitative estimate of drug-likeness (QED) is 0.286. The molecule has 0 aromatic carbocycles. The van der Waals surface area contributed by atoms with Gasteiger partial charge in [-0.3, -0.25) is 0 Å². The van der Waals surface area contributed by atoms with Crippen LogP contribution in [0.5, 0.6) is 0 Å². The summed E-state index contributed by atoms with van der Waals surface area (Å²) in [5.74, 6) is 0. The Kier molecular flexibility index (Phi) is 48.1. The minimum absolute atomic E-state index is 0. The zero-order valence-corrected chi connectivity index (χ0v) is 5.17. The molecule has 0 aromatic heterocycles. The maximum atomic E-state index is 8.93. The standard InChI is InChI=1S/C3H3O.Al.Cu/c1-2-3-4;;/h2H,1H2;;/q-1;;+1. The second kappa shape index (κ2) is 17.9. The van der Waals surface area contributed by atoms with Gasteiger partial charge in [-0.05, 0) is 6.29 Å². The van der Waals surface area contributed by atoms with Crippen molar-refractivity contribution < 1.29 is 21.9 Å². The molecule has 0 heterocycles. The van der Waals surface area contributed by atoms with E-state index >= 15 is 0 Å². The molecule has 0 unspecified atom stereocenters. The molecule has 3 heteroatoms. The van der Waals surface area contributed by atoms with Crippen molar-refractivity contribution in [1.82, 2.24) is 0 Å². The fourth-order valence-corrected chi connectivity index (χ4v) is 0. The van der Waals surface area contributed by atoms with E-state index in [1.165, 1.54) is 6.29 Å². The predicted molar refractivity (Wildman–Crippen MR) is 21.6 cm³/mol. The summed E-state index contributed by atoms with van der Waals surface area (Å²) < 4.78 is 0. The molecule has 3 radical (unpaired) electrons. The van der Waals surface area contributed by atoms with Gasteiger partial charge in [-0.1, -0.05) is 0 Å². The molecule has 0 aromatic rings. The molecule has 0 N–H and O–H groups in total. The molecule has 0 saturated heterocycles. The minimum Gasteiger partial charge on any atom is -0.419 e. The van der Waals surface area contributed by atoms with E-state index in [-0.39, 0.29) is 34.4 Å². The van der Waals surface area contributed by atoms with E-state index < -0.39 is 0 Å². The first-order chi connectivity index (χ1) is 1.91. The van der Waals surface area contributed by atoms with Crippen molar-refractivity contribution in [2.24, 2.45) is 0 Å². The fraction of sp³-hybridized carbons (Fsp3) is 0. The first-order valence-electron chi connectivity index (χ1n) is 0.901. The molecule has 0 atom stereocenters. The van der Waals surface area contributed by atoms with Crippen LogP contribution in [-0.4, -0.2) is 23.6 Å². The van der Waals surface area contributed by atoms with Gasteiger partial charge in [-0.15, -0.1) is 0 Å². The van der Waals surface area contributed by atoms with Crippen LogP contribution in [0.4, 0.5) is 0 Å². The third kappa shape index (κ3) is 25.0. The van der Waals surface area contributed by atoms with Crippen LogP contribution < -0.4 is 0 Å². The summed E-state index contributed by atoms with van der Waals surface area (Å²) in [6.45, 7) is 3.06. The molecule has 0 rings (SSSR count). The second-order valence-electron chi connectivity index (χ2n) is 0.322. The molecule has 0 aliphatic rings. The summed E-state index contributed by atoms with van der Waals surface area (Å²) in [4.78, 5) is 8.93. The van der Waals surface area contributed by atoms with Crippen molar-refractivity contribution >= 4 is 23.6 Å². The number of hydrogen-bond donors (Lipinski definition) is 0. The van der Waals surface area contributed by atoms with Gasteiger partial charge in [-0.2, -0.15) is 0 Å². The van der Waals surface area contributed by atoms with Gasteiger partial charge in [0.05, 0.1) is 0 Å². The zero-order chi connectivity index (χ0) is 3.41. The van der Waals surface area contributed by atoms with Crippen molar-refractivity contribution in [2.75, 3.05) is 0 Å². The molecule has 0 spiro atoms. The van der Waals surface area contributed by atoms with E-state index in [0.29, 0.717) is 0 Å². The van der Waals surface area contributed by atoms with Gasteiger partial charge in [-0.25, -0.2) is 12.7 Å². The van der Waals surface area contributed by atoms with Crippen LogP contribution in [0.15, 0.2) is 12.7 Å². The number of hydrogen-bond acceptors (Lipinski definition) is 1. The largest absolute Gasteiger partial charge is 1.00 e. The summed E-state index contributed by atoms with van der Waals surface area (Å²) in [5.41, 5.74) is 0. The van der Waals surface area contributed by atoms with Crippen molar-refractivity contribution in [2.45, 2.75) is 0 Å². The van der Waals surface area contributed by atoms with Crippen LogP contribution in [0.2, 0.25) is 0 Å². The molecule has 0 aliphatic heterocycles. The zero-order valence-electron chi connectivity index (χ0n) is 3.07. The molecular formula is C3H3AlCuO. The van der Waals surface area contributed by atoms with E-state index in [2.05, 4.69) is 6.58 Å². The first kappa shape index (κ1) is 16.1. The Morgan fingerprint density at radius 2 is 1.83 bits per heavy atom. The topological polar surface area (TPSA) is 17.1 Å². The second-order valence-corrected chi connectivity index (χ2v) is 0.322. The molecule has 0 bridgehead atoms.